The van der Waals surface area contributed by atoms with Crippen molar-refractivity contribution in [2.24, 2.45) is 0 Å². The van der Waals surface area contributed by atoms with Crippen LogP contribution < -0.4 is 10.6 Å². The Morgan fingerprint density at radius 1 is 1.47 bits per heavy atom. The molecule has 2 rings (SSSR count). The van der Waals surface area contributed by atoms with Gasteiger partial charge in [-0.1, -0.05) is 31.2 Å². The van der Waals surface area contributed by atoms with Gasteiger partial charge in [-0.15, -0.1) is 11.8 Å². The normalized spacial score (nSPS) is 19.6. The number of rotatable bonds is 5. The minimum absolute atomic E-state index is 0.0428. The van der Waals surface area contributed by atoms with Crippen molar-refractivity contribution in [2.45, 2.75) is 31.6 Å². The lowest BCUT2D eigenvalue weighted by molar-refractivity contribution is -0.120. The van der Waals surface area contributed by atoms with E-state index in [9.17, 15) is 4.79 Å². The molecule has 104 valence electrons. The van der Waals surface area contributed by atoms with Gasteiger partial charge in [0.05, 0.1) is 0 Å². The largest absolute Gasteiger partial charge is 0.353 e. The molecule has 0 fully saturated rings. The molecule has 1 heterocycles. The summed E-state index contributed by atoms with van der Waals surface area (Å²) in [5.41, 5.74) is 2.51. The van der Waals surface area contributed by atoms with Gasteiger partial charge >= 0.3 is 0 Å². The van der Waals surface area contributed by atoms with Crippen LogP contribution in [-0.2, 0) is 11.2 Å². The van der Waals surface area contributed by atoms with Gasteiger partial charge in [0.1, 0.15) is 5.25 Å². The maximum absolute atomic E-state index is 12.3. The SMILES string of the molecule is CCN[C@H](C)CNC(=O)C1SCCc2ccccc21. The van der Waals surface area contributed by atoms with Crippen LogP contribution in [0.15, 0.2) is 24.3 Å². The van der Waals surface area contributed by atoms with Crippen LogP contribution in [0.1, 0.15) is 30.2 Å². The third-order valence-corrected chi connectivity index (χ3v) is 4.61. The van der Waals surface area contributed by atoms with Gasteiger partial charge in [-0.25, -0.2) is 0 Å². The zero-order chi connectivity index (χ0) is 13.7. The van der Waals surface area contributed by atoms with Crippen LogP contribution >= 0.6 is 11.8 Å². The van der Waals surface area contributed by atoms with E-state index in [1.54, 1.807) is 11.8 Å². The van der Waals surface area contributed by atoms with Gasteiger partial charge in [-0.3, -0.25) is 4.79 Å². The Balaban J connectivity index is 1.97. The second-order valence-electron chi connectivity index (χ2n) is 4.90. The lowest BCUT2D eigenvalue weighted by Gasteiger charge is -2.25. The summed E-state index contributed by atoms with van der Waals surface area (Å²) < 4.78 is 0. The number of amides is 1. The quantitative estimate of drug-likeness (QED) is 0.867. The van der Waals surface area contributed by atoms with Crippen molar-refractivity contribution in [1.29, 1.82) is 0 Å². The summed E-state index contributed by atoms with van der Waals surface area (Å²) in [5, 5.41) is 6.31. The third-order valence-electron chi connectivity index (χ3n) is 3.37. The van der Waals surface area contributed by atoms with E-state index in [4.69, 9.17) is 0 Å². The molecular formula is C15H22N2OS. The molecule has 19 heavy (non-hydrogen) atoms. The molecule has 1 amide bonds. The summed E-state index contributed by atoms with van der Waals surface area (Å²) >= 11 is 1.75. The van der Waals surface area contributed by atoms with Crippen molar-refractivity contribution in [3.8, 4) is 0 Å². The van der Waals surface area contributed by atoms with Crippen LogP contribution in [0, 0.1) is 0 Å². The van der Waals surface area contributed by atoms with E-state index in [1.807, 2.05) is 6.07 Å². The number of carbonyl (C=O) groups excluding carboxylic acids is 1. The number of benzene rings is 1. The highest BCUT2D eigenvalue weighted by molar-refractivity contribution is 8.00. The first kappa shape index (κ1) is 14.4. The molecule has 0 bridgehead atoms. The van der Waals surface area contributed by atoms with Crippen molar-refractivity contribution < 1.29 is 4.79 Å². The molecule has 2 N–H and O–H groups in total. The van der Waals surface area contributed by atoms with Crippen LogP contribution in [0.2, 0.25) is 0 Å². The molecule has 1 aliphatic rings. The number of hydrogen-bond acceptors (Lipinski definition) is 3. The van der Waals surface area contributed by atoms with Crippen LogP contribution in [-0.4, -0.2) is 30.8 Å². The van der Waals surface area contributed by atoms with Gasteiger partial charge in [0.25, 0.3) is 0 Å². The molecule has 0 aromatic heterocycles. The smallest absolute Gasteiger partial charge is 0.237 e. The molecule has 1 aromatic rings. The van der Waals surface area contributed by atoms with E-state index in [2.05, 4.69) is 42.7 Å². The summed E-state index contributed by atoms with van der Waals surface area (Å²) in [6.07, 6.45) is 1.07. The number of nitrogens with one attached hydrogen (secondary N) is 2. The van der Waals surface area contributed by atoms with Crippen molar-refractivity contribution in [1.82, 2.24) is 10.6 Å². The van der Waals surface area contributed by atoms with Crippen LogP contribution in [0.25, 0.3) is 0 Å². The van der Waals surface area contributed by atoms with E-state index >= 15 is 0 Å². The zero-order valence-electron chi connectivity index (χ0n) is 11.6. The Kier molecular flexibility index (Phi) is 5.28. The Morgan fingerprint density at radius 2 is 2.26 bits per heavy atom. The number of aryl methyl sites for hydroxylation is 1. The molecule has 1 aliphatic heterocycles. The topological polar surface area (TPSA) is 41.1 Å². The summed E-state index contributed by atoms with van der Waals surface area (Å²) in [7, 11) is 0. The second-order valence-corrected chi connectivity index (χ2v) is 6.12. The number of likely N-dealkylation sites (N-methyl/N-ethyl adjacent to an activating group) is 1. The van der Waals surface area contributed by atoms with Gasteiger partial charge in [0.15, 0.2) is 0 Å². The third kappa shape index (κ3) is 3.74. The van der Waals surface area contributed by atoms with Crippen molar-refractivity contribution in [3.05, 3.63) is 35.4 Å². The van der Waals surface area contributed by atoms with Gasteiger partial charge < -0.3 is 10.6 Å². The summed E-state index contributed by atoms with van der Waals surface area (Å²) in [6.45, 7) is 5.78. The Hall–Kier alpha value is -1.00. The Morgan fingerprint density at radius 3 is 3.05 bits per heavy atom. The number of thioether (sulfide) groups is 1. The first-order valence-electron chi connectivity index (χ1n) is 6.93. The minimum Gasteiger partial charge on any atom is -0.353 e. The minimum atomic E-state index is -0.0428. The summed E-state index contributed by atoms with van der Waals surface area (Å²) in [4.78, 5) is 12.3. The van der Waals surface area contributed by atoms with Gasteiger partial charge in [-0.2, -0.15) is 0 Å². The van der Waals surface area contributed by atoms with Crippen molar-refractivity contribution in [2.75, 3.05) is 18.8 Å². The fraction of sp³-hybridized carbons (Fsp3) is 0.533. The molecule has 0 radical (unpaired) electrons. The highest BCUT2D eigenvalue weighted by Crippen LogP contribution is 2.36. The molecule has 1 aromatic carbocycles. The Labute approximate surface area is 119 Å². The predicted molar refractivity (Wildman–Crippen MR) is 81.5 cm³/mol. The summed E-state index contributed by atoms with van der Waals surface area (Å²) in [5.74, 6) is 1.17. The van der Waals surface area contributed by atoms with E-state index in [-0.39, 0.29) is 11.2 Å². The van der Waals surface area contributed by atoms with E-state index in [0.29, 0.717) is 12.6 Å². The molecule has 3 nitrogen and oxygen atoms in total. The fourth-order valence-corrected chi connectivity index (χ4v) is 3.60. The first-order chi connectivity index (χ1) is 9.22. The first-order valence-corrected chi connectivity index (χ1v) is 7.97. The van der Waals surface area contributed by atoms with Crippen molar-refractivity contribution >= 4 is 17.7 Å². The van der Waals surface area contributed by atoms with E-state index in [0.717, 1.165) is 18.7 Å². The van der Waals surface area contributed by atoms with Gasteiger partial charge in [0.2, 0.25) is 5.91 Å². The lowest BCUT2D eigenvalue weighted by atomic mass is 10.0. The average molecular weight is 278 g/mol. The average Bonchev–Trinajstić information content (AvgIpc) is 2.44. The molecule has 0 saturated heterocycles. The molecule has 1 unspecified atom stereocenters. The maximum atomic E-state index is 12.3. The van der Waals surface area contributed by atoms with Gasteiger partial charge in [0, 0.05) is 12.6 Å². The van der Waals surface area contributed by atoms with Crippen LogP contribution in [0.5, 0.6) is 0 Å². The molecule has 0 aliphatic carbocycles. The molecular weight excluding hydrogens is 256 g/mol. The highest BCUT2D eigenvalue weighted by Gasteiger charge is 2.26. The standard InChI is InChI=1S/C15H22N2OS/c1-3-16-11(2)10-17-15(18)14-13-7-5-4-6-12(13)8-9-19-14/h4-7,11,14,16H,3,8-10H2,1-2H3,(H,17,18)/t11-,14?/m1/s1. The molecule has 0 saturated carbocycles. The van der Waals surface area contributed by atoms with Crippen LogP contribution in [0.3, 0.4) is 0 Å². The number of hydrogen-bond donors (Lipinski definition) is 2. The lowest BCUT2D eigenvalue weighted by Crippen LogP contribution is -2.40. The monoisotopic (exact) mass is 278 g/mol. The number of fused-ring (bicyclic) bond motifs is 1. The fourth-order valence-electron chi connectivity index (χ4n) is 2.38. The second kappa shape index (κ2) is 6.96. The summed E-state index contributed by atoms with van der Waals surface area (Å²) in [6, 6.07) is 8.61. The Bertz CT molecular complexity index is 436. The van der Waals surface area contributed by atoms with Crippen molar-refractivity contribution in [3.63, 3.8) is 0 Å². The molecule has 2 atom stereocenters. The molecule has 4 heteroatoms. The van der Waals surface area contributed by atoms with Gasteiger partial charge in [-0.05, 0) is 36.8 Å². The molecule has 0 spiro atoms. The maximum Gasteiger partial charge on any atom is 0.237 e. The van der Waals surface area contributed by atoms with E-state index < -0.39 is 0 Å². The highest BCUT2D eigenvalue weighted by atomic mass is 32.2. The van der Waals surface area contributed by atoms with E-state index in [1.165, 1.54) is 11.1 Å². The van der Waals surface area contributed by atoms with Crippen LogP contribution in [0.4, 0.5) is 0 Å². The number of carbonyl (C=O) groups is 1. The predicted octanol–water partition coefficient (Wildman–Crippen LogP) is 2.13. The zero-order valence-corrected chi connectivity index (χ0v) is 12.4.